The number of carbonyl (C=O) groups excluding carboxylic acids is 2. The Morgan fingerprint density at radius 2 is 1.50 bits per heavy atom. The third-order valence-corrected chi connectivity index (χ3v) is 6.00. The SMILES string of the molecule is COc1ccc(C2=C(N3CCC(C)CC3)C(=O)N(c3cc(C)cc(C)c3)C2=O)cc1. The topological polar surface area (TPSA) is 49.9 Å². The molecule has 1 fully saturated rings. The number of nitrogens with zero attached hydrogens (tertiary/aromatic N) is 2. The van der Waals surface area contributed by atoms with Gasteiger partial charge in [-0.3, -0.25) is 9.59 Å². The summed E-state index contributed by atoms with van der Waals surface area (Å²) in [6.07, 6.45) is 2.04. The lowest BCUT2D eigenvalue weighted by atomic mass is 9.97. The van der Waals surface area contributed by atoms with E-state index in [1.165, 1.54) is 4.90 Å². The maximum Gasteiger partial charge on any atom is 0.282 e. The van der Waals surface area contributed by atoms with Crippen molar-refractivity contribution in [1.29, 1.82) is 0 Å². The van der Waals surface area contributed by atoms with Crippen LogP contribution in [-0.4, -0.2) is 36.9 Å². The Hall–Kier alpha value is -3.08. The van der Waals surface area contributed by atoms with Crippen LogP contribution in [-0.2, 0) is 9.59 Å². The van der Waals surface area contributed by atoms with Gasteiger partial charge in [-0.15, -0.1) is 0 Å². The molecule has 30 heavy (non-hydrogen) atoms. The molecule has 0 atom stereocenters. The molecule has 4 rings (SSSR count). The maximum atomic E-state index is 13.6. The number of likely N-dealkylation sites (tertiary alicyclic amines) is 1. The molecule has 2 aliphatic heterocycles. The molecule has 2 amide bonds. The standard InChI is InChI=1S/C25H28N2O3/c1-16-9-11-26(12-10-16)23-22(19-5-7-21(30-4)8-6-19)24(28)27(25(23)29)20-14-17(2)13-18(3)15-20/h5-8,13-16H,9-12H2,1-4H3. The van der Waals surface area contributed by atoms with Crippen LogP contribution in [0.4, 0.5) is 5.69 Å². The van der Waals surface area contributed by atoms with E-state index < -0.39 is 0 Å². The minimum absolute atomic E-state index is 0.231. The van der Waals surface area contributed by atoms with Gasteiger partial charge in [0.2, 0.25) is 0 Å². The fraction of sp³-hybridized carbons (Fsp3) is 0.360. The lowest BCUT2D eigenvalue weighted by Crippen LogP contribution is -2.38. The fourth-order valence-electron chi connectivity index (χ4n) is 4.38. The molecule has 0 N–H and O–H groups in total. The number of hydrogen-bond donors (Lipinski definition) is 0. The number of piperidine rings is 1. The Bertz CT molecular complexity index is 995. The van der Waals surface area contributed by atoms with Crippen molar-refractivity contribution in [1.82, 2.24) is 4.90 Å². The highest BCUT2D eigenvalue weighted by atomic mass is 16.5. The minimum Gasteiger partial charge on any atom is -0.497 e. The van der Waals surface area contributed by atoms with Gasteiger partial charge in [0.05, 0.1) is 18.4 Å². The van der Waals surface area contributed by atoms with Gasteiger partial charge in [0.25, 0.3) is 11.8 Å². The number of benzene rings is 2. The third-order valence-electron chi connectivity index (χ3n) is 6.00. The van der Waals surface area contributed by atoms with Crippen LogP contribution in [0.15, 0.2) is 48.2 Å². The Labute approximate surface area is 177 Å². The van der Waals surface area contributed by atoms with Crippen molar-refractivity contribution in [2.75, 3.05) is 25.1 Å². The average Bonchev–Trinajstić information content (AvgIpc) is 2.98. The predicted molar refractivity (Wildman–Crippen MR) is 118 cm³/mol. The van der Waals surface area contributed by atoms with Crippen molar-refractivity contribution in [2.45, 2.75) is 33.6 Å². The van der Waals surface area contributed by atoms with E-state index in [0.29, 0.717) is 22.9 Å². The molecule has 2 heterocycles. The molecule has 1 saturated heterocycles. The third kappa shape index (κ3) is 3.60. The second-order valence-electron chi connectivity index (χ2n) is 8.41. The summed E-state index contributed by atoms with van der Waals surface area (Å²) in [6.45, 7) is 7.77. The molecule has 2 aromatic carbocycles. The fourth-order valence-corrected chi connectivity index (χ4v) is 4.38. The second kappa shape index (κ2) is 7.98. The monoisotopic (exact) mass is 404 g/mol. The van der Waals surface area contributed by atoms with Crippen molar-refractivity contribution in [3.8, 4) is 5.75 Å². The summed E-state index contributed by atoms with van der Waals surface area (Å²) in [5, 5.41) is 0. The van der Waals surface area contributed by atoms with Gasteiger partial charge >= 0.3 is 0 Å². The first-order valence-corrected chi connectivity index (χ1v) is 10.5. The van der Waals surface area contributed by atoms with Crippen LogP contribution in [0, 0.1) is 19.8 Å². The zero-order valence-electron chi connectivity index (χ0n) is 18.1. The number of carbonyl (C=O) groups is 2. The summed E-state index contributed by atoms with van der Waals surface area (Å²) >= 11 is 0. The molecule has 0 saturated carbocycles. The quantitative estimate of drug-likeness (QED) is 0.712. The highest BCUT2D eigenvalue weighted by Gasteiger charge is 2.43. The Kier molecular flexibility index (Phi) is 5.37. The first-order chi connectivity index (χ1) is 14.4. The van der Waals surface area contributed by atoms with E-state index >= 15 is 0 Å². The Morgan fingerprint density at radius 1 is 0.900 bits per heavy atom. The molecule has 5 nitrogen and oxygen atoms in total. The number of imide groups is 1. The van der Waals surface area contributed by atoms with Gasteiger partial charge in [0, 0.05) is 13.1 Å². The van der Waals surface area contributed by atoms with Crippen molar-refractivity contribution in [3.05, 3.63) is 64.9 Å². The van der Waals surface area contributed by atoms with E-state index in [-0.39, 0.29) is 11.8 Å². The van der Waals surface area contributed by atoms with Crippen LogP contribution in [0.3, 0.4) is 0 Å². The van der Waals surface area contributed by atoms with Gasteiger partial charge in [0.1, 0.15) is 11.4 Å². The van der Waals surface area contributed by atoms with Gasteiger partial charge in [0.15, 0.2) is 0 Å². The molecule has 0 unspecified atom stereocenters. The van der Waals surface area contributed by atoms with E-state index in [2.05, 4.69) is 11.8 Å². The van der Waals surface area contributed by atoms with Gasteiger partial charge in [-0.1, -0.05) is 25.1 Å². The largest absolute Gasteiger partial charge is 0.497 e. The summed E-state index contributed by atoms with van der Waals surface area (Å²) in [5.74, 6) is 0.860. The highest BCUT2D eigenvalue weighted by Crippen LogP contribution is 2.37. The minimum atomic E-state index is -0.260. The number of ether oxygens (including phenoxy) is 1. The molecule has 5 heteroatoms. The first kappa shape index (κ1) is 20.2. The number of rotatable bonds is 4. The van der Waals surface area contributed by atoms with Crippen LogP contribution in [0.5, 0.6) is 5.75 Å². The molecule has 0 aromatic heterocycles. The van der Waals surface area contributed by atoms with Crippen LogP contribution >= 0.6 is 0 Å². The van der Waals surface area contributed by atoms with E-state index in [1.807, 2.05) is 56.3 Å². The number of hydrogen-bond acceptors (Lipinski definition) is 4. The number of methoxy groups -OCH3 is 1. The second-order valence-corrected chi connectivity index (χ2v) is 8.41. The molecule has 156 valence electrons. The van der Waals surface area contributed by atoms with Gasteiger partial charge in [-0.25, -0.2) is 4.90 Å². The van der Waals surface area contributed by atoms with Gasteiger partial charge < -0.3 is 9.64 Å². The summed E-state index contributed by atoms with van der Waals surface area (Å²) in [6, 6.07) is 13.2. The molecule has 2 aliphatic rings. The summed E-state index contributed by atoms with van der Waals surface area (Å²) in [7, 11) is 1.61. The van der Waals surface area contributed by atoms with Crippen molar-refractivity contribution < 1.29 is 14.3 Å². The number of aryl methyl sites for hydroxylation is 2. The summed E-state index contributed by atoms with van der Waals surface area (Å²) in [4.78, 5) is 30.6. The number of anilines is 1. The van der Waals surface area contributed by atoms with Crippen molar-refractivity contribution >= 4 is 23.1 Å². The maximum absolute atomic E-state index is 13.6. The summed E-state index contributed by atoms with van der Waals surface area (Å²) < 4.78 is 5.26. The normalized spacial score (nSPS) is 17.9. The van der Waals surface area contributed by atoms with Crippen molar-refractivity contribution in [3.63, 3.8) is 0 Å². The van der Waals surface area contributed by atoms with E-state index in [0.717, 1.165) is 48.4 Å². The smallest absolute Gasteiger partial charge is 0.282 e. The zero-order chi connectivity index (χ0) is 21.4. The van der Waals surface area contributed by atoms with Gasteiger partial charge in [-0.05, 0) is 73.6 Å². The van der Waals surface area contributed by atoms with E-state index in [1.54, 1.807) is 7.11 Å². The molecular weight excluding hydrogens is 376 g/mol. The Morgan fingerprint density at radius 3 is 2.07 bits per heavy atom. The van der Waals surface area contributed by atoms with Crippen LogP contribution in [0.2, 0.25) is 0 Å². The average molecular weight is 405 g/mol. The molecule has 2 aromatic rings. The summed E-state index contributed by atoms with van der Waals surface area (Å²) in [5.41, 5.74) is 4.44. The van der Waals surface area contributed by atoms with E-state index in [9.17, 15) is 9.59 Å². The molecular formula is C25H28N2O3. The lowest BCUT2D eigenvalue weighted by molar-refractivity contribution is -0.120. The van der Waals surface area contributed by atoms with Crippen LogP contribution in [0.25, 0.3) is 5.57 Å². The van der Waals surface area contributed by atoms with Gasteiger partial charge in [-0.2, -0.15) is 0 Å². The Balaban J connectivity index is 1.81. The predicted octanol–water partition coefficient (Wildman–Crippen LogP) is 4.33. The first-order valence-electron chi connectivity index (χ1n) is 10.5. The van der Waals surface area contributed by atoms with E-state index in [4.69, 9.17) is 4.74 Å². The van der Waals surface area contributed by atoms with Crippen LogP contribution in [0.1, 0.15) is 36.5 Å². The zero-order valence-corrected chi connectivity index (χ0v) is 18.1. The van der Waals surface area contributed by atoms with Crippen molar-refractivity contribution in [2.24, 2.45) is 5.92 Å². The molecule has 0 bridgehead atoms. The number of amides is 2. The molecule has 0 radical (unpaired) electrons. The molecule has 0 aliphatic carbocycles. The molecule has 0 spiro atoms. The lowest BCUT2D eigenvalue weighted by Gasteiger charge is -2.32. The van der Waals surface area contributed by atoms with Crippen LogP contribution < -0.4 is 9.64 Å². The highest BCUT2D eigenvalue weighted by molar-refractivity contribution is 6.45.